The van der Waals surface area contributed by atoms with E-state index in [0.29, 0.717) is 22.1 Å². The first-order chi connectivity index (χ1) is 12.0. The molecule has 2 N–H and O–H groups in total. The number of carbonyl (C=O) groups excluding carboxylic acids is 2. The normalized spacial score (nSPS) is 18.4. The van der Waals surface area contributed by atoms with E-state index in [0.717, 1.165) is 12.0 Å². The second-order valence-corrected chi connectivity index (χ2v) is 6.46. The van der Waals surface area contributed by atoms with Crippen molar-refractivity contribution in [1.82, 2.24) is 0 Å². The quantitative estimate of drug-likeness (QED) is 0.847. The predicted octanol–water partition coefficient (Wildman–Crippen LogP) is 4.05. The van der Waals surface area contributed by atoms with E-state index >= 15 is 0 Å². The monoisotopic (exact) mass is 358 g/mol. The van der Waals surface area contributed by atoms with Gasteiger partial charge in [0.25, 0.3) is 0 Å². The number of nitrogens with one attached hydrogen (secondary N) is 2. The SMILES string of the molecule is COc1ccc(NC(=O)C2CC2c2ccccc2Cl)cc1NC(C)=O. The van der Waals surface area contributed by atoms with Crippen LogP contribution in [0, 0.1) is 5.92 Å². The lowest BCUT2D eigenvalue weighted by Gasteiger charge is -2.12. The average Bonchev–Trinajstić information content (AvgIpc) is 3.35. The molecule has 0 spiro atoms. The Bertz CT molecular complexity index is 822. The molecule has 5 nitrogen and oxygen atoms in total. The number of hydrogen-bond donors (Lipinski definition) is 2. The zero-order valence-corrected chi connectivity index (χ0v) is 14.8. The minimum Gasteiger partial charge on any atom is -0.495 e. The molecule has 0 saturated heterocycles. The van der Waals surface area contributed by atoms with Gasteiger partial charge in [-0.2, -0.15) is 0 Å². The largest absolute Gasteiger partial charge is 0.495 e. The predicted molar refractivity (Wildman–Crippen MR) is 98.2 cm³/mol. The van der Waals surface area contributed by atoms with Crippen LogP contribution in [0.15, 0.2) is 42.5 Å². The minimum atomic E-state index is -0.206. The number of anilines is 2. The van der Waals surface area contributed by atoms with Crippen LogP contribution in [0.25, 0.3) is 0 Å². The van der Waals surface area contributed by atoms with Crippen molar-refractivity contribution in [3.05, 3.63) is 53.1 Å². The number of methoxy groups -OCH3 is 1. The number of hydrogen-bond acceptors (Lipinski definition) is 3. The Hall–Kier alpha value is -2.53. The molecular formula is C19H19ClN2O3. The molecule has 1 saturated carbocycles. The van der Waals surface area contributed by atoms with Crippen LogP contribution in [-0.2, 0) is 9.59 Å². The van der Waals surface area contributed by atoms with Crippen LogP contribution < -0.4 is 15.4 Å². The maximum Gasteiger partial charge on any atom is 0.228 e. The van der Waals surface area contributed by atoms with Crippen LogP contribution in [0.4, 0.5) is 11.4 Å². The molecular weight excluding hydrogens is 340 g/mol. The molecule has 6 heteroatoms. The Morgan fingerprint density at radius 2 is 1.92 bits per heavy atom. The zero-order valence-electron chi connectivity index (χ0n) is 14.0. The first-order valence-electron chi connectivity index (χ1n) is 8.00. The molecule has 2 aromatic carbocycles. The molecule has 0 bridgehead atoms. The molecule has 1 aliphatic carbocycles. The van der Waals surface area contributed by atoms with Gasteiger partial charge in [-0.1, -0.05) is 29.8 Å². The van der Waals surface area contributed by atoms with Gasteiger partial charge in [0.2, 0.25) is 11.8 Å². The van der Waals surface area contributed by atoms with Crippen LogP contribution in [-0.4, -0.2) is 18.9 Å². The number of benzene rings is 2. The van der Waals surface area contributed by atoms with Gasteiger partial charge < -0.3 is 15.4 Å². The maximum absolute atomic E-state index is 12.5. The zero-order chi connectivity index (χ0) is 18.0. The Kier molecular flexibility index (Phi) is 4.95. The molecule has 0 aromatic heterocycles. The summed E-state index contributed by atoms with van der Waals surface area (Å²) in [7, 11) is 1.53. The van der Waals surface area contributed by atoms with E-state index in [1.807, 2.05) is 24.3 Å². The molecule has 25 heavy (non-hydrogen) atoms. The van der Waals surface area contributed by atoms with Crippen molar-refractivity contribution in [2.24, 2.45) is 5.92 Å². The molecule has 1 aliphatic rings. The smallest absolute Gasteiger partial charge is 0.228 e. The standard InChI is InChI=1S/C19H19ClN2O3/c1-11(23)21-17-9-12(7-8-18(17)25-2)22-19(24)15-10-14(15)13-5-3-4-6-16(13)20/h3-9,14-15H,10H2,1-2H3,(H,21,23)(H,22,24). The van der Waals surface area contributed by atoms with Crippen molar-refractivity contribution < 1.29 is 14.3 Å². The van der Waals surface area contributed by atoms with Gasteiger partial charge >= 0.3 is 0 Å². The van der Waals surface area contributed by atoms with Gasteiger partial charge in [0, 0.05) is 23.6 Å². The van der Waals surface area contributed by atoms with Gasteiger partial charge in [-0.25, -0.2) is 0 Å². The summed E-state index contributed by atoms with van der Waals surface area (Å²) in [5, 5.41) is 6.29. The number of halogens is 1. The molecule has 0 heterocycles. The summed E-state index contributed by atoms with van der Waals surface area (Å²) in [5.74, 6) is 0.341. The van der Waals surface area contributed by atoms with Crippen LogP contribution in [0.1, 0.15) is 24.8 Å². The van der Waals surface area contributed by atoms with Gasteiger partial charge in [-0.3, -0.25) is 9.59 Å². The summed E-state index contributed by atoms with van der Waals surface area (Å²) in [6.07, 6.45) is 0.782. The van der Waals surface area contributed by atoms with Crippen LogP contribution in [0.3, 0.4) is 0 Å². The summed E-state index contributed by atoms with van der Waals surface area (Å²) in [6.45, 7) is 1.42. The van der Waals surface area contributed by atoms with E-state index < -0.39 is 0 Å². The van der Waals surface area contributed by atoms with Gasteiger partial charge in [0.05, 0.1) is 12.8 Å². The minimum absolute atomic E-state index is 0.0520. The molecule has 1 fully saturated rings. The number of ether oxygens (including phenoxy) is 1. The third kappa shape index (κ3) is 3.94. The van der Waals surface area contributed by atoms with Crippen molar-refractivity contribution >= 4 is 34.8 Å². The molecule has 0 radical (unpaired) electrons. The van der Waals surface area contributed by atoms with Gasteiger partial charge in [-0.15, -0.1) is 0 Å². The second-order valence-electron chi connectivity index (χ2n) is 6.06. The van der Waals surface area contributed by atoms with Gasteiger partial charge in [0.1, 0.15) is 5.75 Å². The lowest BCUT2D eigenvalue weighted by atomic mass is 10.1. The third-order valence-corrected chi connectivity index (χ3v) is 4.55. The van der Waals surface area contributed by atoms with Crippen LogP contribution >= 0.6 is 11.6 Å². The molecule has 2 atom stereocenters. The Balaban J connectivity index is 1.70. The van der Waals surface area contributed by atoms with Crippen molar-refractivity contribution in [2.45, 2.75) is 19.3 Å². The lowest BCUT2D eigenvalue weighted by Crippen LogP contribution is -2.15. The van der Waals surface area contributed by atoms with Crippen LogP contribution in [0.2, 0.25) is 5.02 Å². The van der Waals surface area contributed by atoms with Gasteiger partial charge in [-0.05, 0) is 42.2 Å². The Morgan fingerprint density at radius 1 is 1.16 bits per heavy atom. The lowest BCUT2D eigenvalue weighted by molar-refractivity contribution is -0.117. The summed E-state index contributed by atoms with van der Waals surface area (Å²) < 4.78 is 5.21. The summed E-state index contributed by atoms with van der Waals surface area (Å²) in [5.41, 5.74) is 2.14. The average molecular weight is 359 g/mol. The van der Waals surface area contributed by atoms with E-state index in [1.165, 1.54) is 14.0 Å². The van der Waals surface area contributed by atoms with Crippen LogP contribution in [0.5, 0.6) is 5.75 Å². The van der Waals surface area contributed by atoms with E-state index in [1.54, 1.807) is 18.2 Å². The topological polar surface area (TPSA) is 67.4 Å². The first kappa shape index (κ1) is 17.3. The van der Waals surface area contributed by atoms with Crippen molar-refractivity contribution in [3.63, 3.8) is 0 Å². The van der Waals surface area contributed by atoms with E-state index in [2.05, 4.69) is 10.6 Å². The Morgan fingerprint density at radius 3 is 2.60 bits per heavy atom. The summed E-state index contributed by atoms with van der Waals surface area (Å²) in [6, 6.07) is 12.7. The fourth-order valence-electron chi connectivity index (χ4n) is 2.91. The number of amides is 2. The van der Waals surface area contributed by atoms with Gasteiger partial charge in [0.15, 0.2) is 0 Å². The Labute approximate surface area is 151 Å². The van der Waals surface area contributed by atoms with E-state index in [-0.39, 0.29) is 23.7 Å². The first-order valence-corrected chi connectivity index (χ1v) is 8.38. The summed E-state index contributed by atoms with van der Waals surface area (Å²) >= 11 is 6.21. The highest BCUT2D eigenvalue weighted by atomic mass is 35.5. The summed E-state index contributed by atoms with van der Waals surface area (Å²) in [4.78, 5) is 23.8. The van der Waals surface area contributed by atoms with E-state index in [4.69, 9.17) is 16.3 Å². The molecule has 0 aliphatic heterocycles. The molecule has 2 unspecified atom stereocenters. The second kappa shape index (κ2) is 7.15. The molecule has 2 amide bonds. The third-order valence-electron chi connectivity index (χ3n) is 4.21. The highest BCUT2D eigenvalue weighted by Crippen LogP contribution is 2.50. The molecule has 130 valence electrons. The van der Waals surface area contributed by atoms with Crippen molar-refractivity contribution in [2.75, 3.05) is 17.7 Å². The highest BCUT2D eigenvalue weighted by molar-refractivity contribution is 6.31. The number of rotatable bonds is 5. The molecule has 3 rings (SSSR count). The van der Waals surface area contributed by atoms with E-state index in [9.17, 15) is 9.59 Å². The van der Waals surface area contributed by atoms with Crippen molar-refractivity contribution in [1.29, 1.82) is 0 Å². The number of carbonyl (C=O) groups is 2. The fourth-order valence-corrected chi connectivity index (χ4v) is 3.19. The highest BCUT2D eigenvalue weighted by Gasteiger charge is 2.44. The fraction of sp³-hybridized carbons (Fsp3) is 0.263. The molecule has 2 aromatic rings. The maximum atomic E-state index is 12.5. The van der Waals surface area contributed by atoms with Crippen molar-refractivity contribution in [3.8, 4) is 5.75 Å².